The molecule has 0 aromatic heterocycles. The van der Waals surface area contributed by atoms with Gasteiger partial charge in [0.1, 0.15) is 6.04 Å². The van der Waals surface area contributed by atoms with Crippen LogP contribution in [-0.2, 0) is 11.0 Å². The highest BCUT2D eigenvalue weighted by atomic mass is 35.5. The fourth-order valence-electron chi connectivity index (χ4n) is 3.28. The maximum Gasteiger partial charge on any atom is 0.416 e. The van der Waals surface area contributed by atoms with Crippen LogP contribution in [0.2, 0.25) is 5.02 Å². The molecular weight excluding hydrogens is 421 g/mol. The van der Waals surface area contributed by atoms with Crippen molar-refractivity contribution in [1.82, 2.24) is 4.90 Å². The topological polar surface area (TPSA) is 66.5 Å². The van der Waals surface area contributed by atoms with Crippen molar-refractivity contribution in [2.75, 3.05) is 5.32 Å². The van der Waals surface area contributed by atoms with Crippen molar-refractivity contribution in [3.63, 3.8) is 0 Å². The summed E-state index contributed by atoms with van der Waals surface area (Å²) in [4.78, 5) is 39.4. The molecule has 1 atom stereocenters. The van der Waals surface area contributed by atoms with Crippen molar-refractivity contribution >= 4 is 35.0 Å². The zero-order valence-corrected chi connectivity index (χ0v) is 16.8. The van der Waals surface area contributed by atoms with E-state index >= 15 is 0 Å². The molecule has 5 nitrogen and oxygen atoms in total. The Morgan fingerprint density at radius 2 is 1.63 bits per heavy atom. The molecule has 1 heterocycles. The molecule has 1 unspecified atom stereocenters. The van der Waals surface area contributed by atoms with Gasteiger partial charge >= 0.3 is 6.18 Å². The lowest BCUT2D eigenvalue weighted by atomic mass is 10.0. The summed E-state index contributed by atoms with van der Waals surface area (Å²) in [5, 5.41) is 2.26. The standard InChI is InChI=1S/C21H18ClF3N2O3/c1-11(2)9-17(27-19(29)13-5-3-4-6-14(13)20(27)30)18(28)26-16-10-12(21(23,24)25)7-8-15(16)22/h3-8,10-11,17H,9H2,1-2H3,(H,26,28). The summed E-state index contributed by atoms with van der Waals surface area (Å²) in [5.74, 6) is -2.11. The maximum atomic E-state index is 13.0. The number of carbonyl (C=O) groups is 3. The van der Waals surface area contributed by atoms with Gasteiger partial charge in [-0.1, -0.05) is 37.6 Å². The van der Waals surface area contributed by atoms with Gasteiger partial charge in [-0.25, -0.2) is 0 Å². The number of amides is 3. The number of carbonyl (C=O) groups excluding carboxylic acids is 3. The highest BCUT2D eigenvalue weighted by Gasteiger charge is 2.43. The number of hydrogen-bond acceptors (Lipinski definition) is 3. The average molecular weight is 439 g/mol. The quantitative estimate of drug-likeness (QED) is 0.667. The van der Waals surface area contributed by atoms with E-state index in [0.29, 0.717) is 0 Å². The van der Waals surface area contributed by atoms with Crippen molar-refractivity contribution in [3.05, 3.63) is 64.2 Å². The van der Waals surface area contributed by atoms with Crippen molar-refractivity contribution in [3.8, 4) is 0 Å². The van der Waals surface area contributed by atoms with E-state index in [1.54, 1.807) is 26.0 Å². The van der Waals surface area contributed by atoms with Gasteiger partial charge in [-0.2, -0.15) is 13.2 Å². The van der Waals surface area contributed by atoms with E-state index < -0.39 is 35.5 Å². The molecule has 1 aliphatic heterocycles. The van der Waals surface area contributed by atoms with Crippen molar-refractivity contribution in [2.45, 2.75) is 32.5 Å². The third-order valence-electron chi connectivity index (χ3n) is 4.69. The first-order chi connectivity index (χ1) is 14.0. The molecule has 1 aliphatic rings. The number of anilines is 1. The van der Waals surface area contributed by atoms with Gasteiger partial charge in [0.05, 0.1) is 27.4 Å². The van der Waals surface area contributed by atoms with Gasteiger partial charge < -0.3 is 5.32 Å². The SMILES string of the molecule is CC(C)CC(C(=O)Nc1cc(C(F)(F)F)ccc1Cl)N1C(=O)c2ccccc2C1=O. The molecule has 0 saturated heterocycles. The van der Waals surface area contributed by atoms with Gasteiger partial charge in [-0.05, 0) is 42.7 Å². The number of benzene rings is 2. The van der Waals surface area contributed by atoms with E-state index in [9.17, 15) is 27.6 Å². The van der Waals surface area contributed by atoms with Crippen molar-refractivity contribution in [1.29, 1.82) is 0 Å². The van der Waals surface area contributed by atoms with Crippen LogP contribution in [0, 0.1) is 5.92 Å². The molecule has 3 rings (SSSR count). The van der Waals surface area contributed by atoms with E-state index in [4.69, 9.17) is 11.6 Å². The Morgan fingerprint density at radius 1 is 1.07 bits per heavy atom. The second-order valence-electron chi connectivity index (χ2n) is 7.35. The lowest BCUT2D eigenvalue weighted by molar-refractivity contribution is -0.137. The molecule has 158 valence electrons. The van der Waals surface area contributed by atoms with E-state index in [2.05, 4.69) is 5.32 Å². The molecular formula is C21H18ClF3N2O3. The number of halogens is 4. The van der Waals surface area contributed by atoms with Gasteiger partial charge in [-0.15, -0.1) is 0 Å². The molecule has 2 aromatic rings. The lowest BCUT2D eigenvalue weighted by Gasteiger charge is -2.27. The molecule has 0 fully saturated rings. The minimum Gasteiger partial charge on any atom is -0.323 e. The fourth-order valence-corrected chi connectivity index (χ4v) is 3.45. The summed E-state index contributed by atoms with van der Waals surface area (Å²) in [6.45, 7) is 3.60. The summed E-state index contributed by atoms with van der Waals surface area (Å²) >= 11 is 5.96. The molecule has 9 heteroatoms. The van der Waals surface area contributed by atoms with Crippen LogP contribution < -0.4 is 5.32 Å². The van der Waals surface area contributed by atoms with Gasteiger partial charge in [-0.3, -0.25) is 19.3 Å². The number of rotatable bonds is 5. The highest BCUT2D eigenvalue weighted by molar-refractivity contribution is 6.34. The second-order valence-corrected chi connectivity index (χ2v) is 7.76. The van der Waals surface area contributed by atoms with Crippen LogP contribution in [0.1, 0.15) is 46.5 Å². The zero-order valence-electron chi connectivity index (χ0n) is 16.1. The van der Waals surface area contributed by atoms with Crippen LogP contribution >= 0.6 is 11.6 Å². The van der Waals surface area contributed by atoms with Gasteiger partial charge in [0.2, 0.25) is 5.91 Å². The molecule has 2 aromatic carbocycles. The minimum absolute atomic E-state index is 0.0814. The van der Waals surface area contributed by atoms with E-state index in [-0.39, 0.29) is 34.2 Å². The smallest absolute Gasteiger partial charge is 0.323 e. The highest BCUT2D eigenvalue weighted by Crippen LogP contribution is 2.34. The molecule has 0 saturated carbocycles. The first kappa shape index (κ1) is 21.8. The van der Waals surface area contributed by atoms with E-state index in [1.807, 2.05) is 0 Å². The Balaban J connectivity index is 1.93. The second kappa shape index (κ2) is 8.10. The van der Waals surface area contributed by atoms with Crippen LogP contribution in [0.5, 0.6) is 0 Å². The Kier molecular flexibility index (Phi) is 5.90. The minimum atomic E-state index is -4.62. The number of fused-ring (bicyclic) bond motifs is 1. The summed E-state index contributed by atoms with van der Waals surface area (Å²) in [7, 11) is 0. The largest absolute Gasteiger partial charge is 0.416 e. The summed E-state index contributed by atoms with van der Waals surface area (Å²) in [6, 6.07) is 7.53. The lowest BCUT2D eigenvalue weighted by Crippen LogP contribution is -2.48. The molecule has 0 bridgehead atoms. The molecule has 3 amide bonds. The van der Waals surface area contributed by atoms with E-state index in [1.165, 1.54) is 12.1 Å². The van der Waals surface area contributed by atoms with Crippen molar-refractivity contribution < 1.29 is 27.6 Å². The van der Waals surface area contributed by atoms with Crippen LogP contribution in [-0.4, -0.2) is 28.7 Å². The normalized spacial score (nSPS) is 14.8. The first-order valence-electron chi connectivity index (χ1n) is 9.15. The van der Waals surface area contributed by atoms with Gasteiger partial charge in [0.25, 0.3) is 11.8 Å². The number of alkyl halides is 3. The zero-order chi connectivity index (χ0) is 22.2. The molecule has 0 aliphatic carbocycles. The predicted octanol–water partition coefficient (Wildman–Crippen LogP) is 5.01. The van der Waals surface area contributed by atoms with Crippen LogP contribution in [0.25, 0.3) is 0 Å². The third kappa shape index (κ3) is 4.18. The van der Waals surface area contributed by atoms with Crippen molar-refractivity contribution in [2.24, 2.45) is 5.92 Å². The number of hydrogen-bond donors (Lipinski definition) is 1. The monoisotopic (exact) mass is 438 g/mol. The number of nitrogens with zero attached hydrogens (tertiary/aromatic N) is 1. The molecule has 0 radical (unpaired) electrons. The molecule has 0 spiro atoms. The summed E-state index contributed by atoms with van der Waals surface area (Å²) in [5.41, 5.74) is -0.868. The number of nitrogens with one attached hydrogen (secondary N) is 1. The predicted molar refractivity (Wildman–Crippen MR) is 105 cm³/mol. The van der Waals surface area contributed by atoms with E-state index in [0.717, 1.165) is 23.1 Å². The van der Waals surface area contributed by atoms with Crippen LogP contribution in [0.4, 0.5) is 18.9 Å². The van der Waals surface area contributed by atoms with Crippen LogP contribution in [0.3, 0.4) is 0 Å². The first-order valence-corrected chi connectivity index (χ1v) is 9.53. The van der Waals surface area contributed by atoms with Gasteiger partial charge in [0.15, 0.2) is 0 Å². The third-order valence-corrected chi connectivity index (χ3v) is 5.02. The Morgan fingerprint density at radius 3 is 2.13 bits per heavy atom. The summed E-state index contributed by atoms with van der Waals surface area (Å²) < 4.78 is 39.0. The number of imide groups is 1. The molecule has 1 N–H and O–H groups in total. The fraction of sp³-hybridized carbons (Fsp3) is 0.286. The summed E-state index contributed by atoms with van der Waals surface area (Å²) in [6.07, 6.45) is -4.49. The Labute approximate surface area is 175 Å². The average Bonchev–Trinajstić information content (AvgIpc) is 2.91. The Hall–Kier alpha value is -2.87. The maximum absolute atomic E-state index is 13.0. The molecule has 30 heavy (non-hydrogen) atoms. The Bertz CT molecular complexity index is 986. The van der Waals surface area contributed by atoms with Gasteiger partial charge in [0, 0.05) is 0 Å². The van der Waals surface area contributed by atoms with Crippen LogP contribution in [0.15, 0.2) is 42.5 Å².